The molecule has 98 valence electrons. The van der Waals surface area contributed by atoms with Gasteiger partial charge in [0.2, 0.25) is 0 Å². The van der Waals surface area contributed by atoms with Crippen LogP contribution in [0.3, 0.4) is 0 Å². The first-order chi connectivity index (χ1) is 7.63. The molecule has 0 bridgehead atoms. The SMILES string of the molecule is O=C(O)CCCCCCCCCCC(=O)O.[H-].[H-].[K+].[K+]. The maximum absolute atomic E-state index is 10.2. The van der Waals surface area contributed by atoms with E-state index in [1.54, 1.807) is 0 Å². The average molecular weight is 311 g/mol. The van der Waals surface area contributed by atoms with Gasteiger partial charge in [-0.1, -0.05) is 38.5 Å². The molecular weight excluding hydrogens is 286 g/mol. The molecule has 0 radical (unpaired) electrons. The Balaban J connectivity index is -0.000000187. The van der Waals surface area contributed by atoms with Crippen LogP contribution in [0.4, 0.5) is 0 Å². The van der Waals surface area contributed by atoms with Gasteiger partial charge in [0.1, 0.15) is 0 Å². The van der Waals surface area contributed by atoms with Gasteiger partial charge >= 0.3 is 115 Å². The Morgan fingerprint density at radius 2 is 0.833 bits per heavy atom. The molecule has 0 spiro atoms. The second-order valence-electron chi connectivity index (χ2n) is 4.12. The Bertz CT molecular complexity index is 198. The van der Waals surface area contributed by atoms with Gasteiger partial charge in [-0.3, -0.25) is 9.59 Å². The first-order valence-electron chi connectivity index (χ1n) is 6.06. The van der Waals surface area contributed by atoms with Gasteiger partial charge in [-0.2, -0.15) is 0 Å². The molecule has 0 aliphatic rings. The molecule has 0 aromatic carbocycles. The number of carbonyl (C=O) groups is 2. The van der Waals surface area contributed by atoms with Gasteiger partial charge in [0, 0.05) is 12.8 Å². The summed E-state index contributed by atoms with van der Waals surface area (Å²) in [7, 11) is 0. The topological polar surface area (TPSA) is 74.6 Å². The molecule has 0 atom stereocenters. The van der Waals surface area contributed by atoms with E-state index in [0.29, 0.717) is 0 Å². The molecular formula is C12H24K2O4. The molecule has 18 heavy (non-hydrogen) atoms. The summed E-state index contributed by atoms with van der Waals surface area (Å²) in [6.45, 7) is 0. The molecule has 4 nitrogen and oxygen atoms in total. The standard InChI is InChI=1S/C12H22O4.2K.2H/c13-11(14)9-7-5-3-1-2-4-6-8-10-12(15)16;;;;/h1-10H2,(H,13,14)(H,15,16);;;;/q;2*+1;2*-1. The van der Waals surface area contributed by atoms with Crippen LogP contribution in [-0.2, 0) is 9.59 Å². The zero-order chi connectivity index (χ0) is 12.2. The number of carboxylic acids is 2. The van der Waals surface area contributed by atoms with Crippen LogP contribution in [-0.4, -0.2) is 22.2 Å². The van der Waals surface area contributed by atoms with E-state index in [0.717, 1.165) is 51.4 Å². The summed E-state index contributed by atoms with van der Waals surface area (Å²) < 4.78 is 0. The molecule has 0 saturated heterocycles. The second kappa shape index (κ2) is 19.2. The number of hydrogen-bond donors (Lipinski definition) is 2. The number of rotatable bonds is 11. The Kier molecular flexibility index (Phi) is 26.9. The summed E-state index contributed by atoms with van der Waals surface area (Å²) in [4.78, 5) is 20.4. The maximum atomic E-state index is 10.2. The van der Waals surface area contributed by atoms with E-state index in [1.807, 2.05) is 0 Å². The Morgan fingerprint density at radius 3 is 1.06 bits per heavy atom. The smallest absolute Gasteiger partial charge is 1.00 e. The van der Waals surface area contributed by atoms with Gasteiger partial charge in [0.15, 0.2) is 0 Å². The molecule has 0 saturated carbocycles. The molecule has 2 N–H and O–H groups in total. The first-order valence-corrected chi connectivity index (χ1v) is 6.06. The molecule has 0 aromatic rings. The van der Waals surface area contributed by atoms with E-state index >= 15 is 0 Å². The average Bonchev–Trinajstić information content (AvgIpc) is 2.20. The van der Waals surface area contributed by atoms with Crippen LogP contribution in [0.1, 0.15) is 67.1 Å². The summed E-state index contributed by atoms with van der Waals surface area (Å²) in [6.07, 6.45) is 8.51. The monoisotopic (exact) mass is 310 g/mol. The van der Waals surface area contributed by atoms with Gasteiger partial charge in [0.05, 0.1) is 0 Å². The minimum Gasteiger partial charge on any atom is -1.00 e. The van der Waals surface area contributed by atoms with Crippen LogP contribution in [0.2, 0.25) is 0 Å². The van der Waals surface area contributed by atoms with Gasteiger partial charge in [0.25, 0.3) is 0 Å². The summed E-state index contributed by atoms with van der Waals surface area (Å²) in [5.41, 5.74) is 0. The van der Waals surface area contributed by atoms with Crippen molar-refractivity contribution in [2.24, 2.45) is 0 Å². The molecule has 0 aromatic heterocycles. The predicted octanol–water partition coefficient (Wildman–Crippen LogP) is -2.71. The van der Waals surface area contributed by atoms with Crippen molar-refractivity contribution in [2.75, 3.05) is 0 Å². The molecule has 6 heteroatoms. The molecule has 0 aliphatic carbocycles. The molecule has 0 heterocycles. The number of aliphatic carboxylic acids is 2. The first kappa shape index (κ1) is 25.2. The van der Waals surface area contributed by atoms with E-state index in [9.17, 15) is 9.59 Å². The largest absolute Gasteiger partial charge is 1.00 e. The summed E-state index contributed by atoms with van der Waals surface area (Å²) in [6, 6.07) is 0. The zero-order valence-electron chi connectivity index (χ0n) is 13.8. The van der Waals surface area contributed by atoms with Crippen molar-refractivity contribution in [1.82, 2.24) is 0 Å². The number of carboxylic acid groups (broad SMARTS) is 2. The third kappa shape index (κ3) is 23.3. The third-order valence-electron chi connectivity index (χ3n) is 2.53. The Labute approximate surface area is 197 Å². The predicted molar refractivity (Wildman–Crippen MR) is 63.7 cm³/mol. The molecule has 0 unspecified atom stereocenters. The quantitative estimate of drug-likeness (QED) is 0.321. The Hall–Kier alpha value is 2.21. The zero-order valence-corrected chi connectivity index (χ0v) is 18.0. The van der Waals surface area contributed by atoms with Crippen LogP contribution >= 0.6 is 0 Å². The number of unbranched alkanes of at least 4 members (excludes halogenated alkanes) is 7. The minimum atomic E-state index is -0.714. The van der Waals surface area contributed by atoms with E-state index in [2.05, 4.69) is 0 Å². The van der Waals surface area contributed by atoms with E-state index < -0.39 is 11.9 Å². The third-order valence-corrected chi connectivity index (χ3v) is 2.53. The van der Waals surface area contributed by atoms with Crippen molar-refractivity contribution in [3.8, 4) is 0 Å². The minimum absolute atomic E-state index is 0. The van der Waals surface area contributed by atoms with Crippen LogP contribution in [0, 0.1) is 0 Å². The van der Waals surface area contributed by atoms with Crippen molar-refractivity contribution in [3.05, 3.63) is 0 Å². The van der Waals surface area contributed by atoms with E-state index in [1.165, 1.54) is 0 Å². The van der Waals surface area contributed by atoms with Crippen LogP contribution in [0.25, 0.3) is 0 Å². The Morgan fingerprint density at radius 1 is 0.611 bits per heavy atom. The van der Waals surface area contributed by atoms with Crippen LogP contribution < -0.4 is 103 Å². The van der Waals surface area contributed by atoms with Crippen molar-refractivity contribution in [3.63, 3.8) is 0 Å². The summed E-state index contributed by atoms with van der Waals surface area (Å²) in [5.74, 6) is -1.43. The van der Waals surface area contributed by atoms with Crippen molar-refractivity contribution in [1.29, 1.82) is 0 Å². The van der Waals surface area contributed by atoms with Crippen molar-refractivity contribution >= 4 is 11.9 Å². The fourth-order valence-electron chi connectivity index (χ4n) is 1.61. The maximum Gasteiger partial charge on any atom is 1.00 e. The van der Waals surface area contributed by atoms with Crippen LogP contribution in [0.15, 0.2) is 0 Å². The number of hydrogen-bond acceptors (Lipinski definition) is 2. The van der Waals surface area contributed by atoms with Crippen molar-refractivity contribution in [2.45, 2.75) is 64.2 Å². The molecule has 0 aliphatic heterocycles. The summed E-state index contributed by atoms with van der Waals surface area (Å²) >= 11 is 0. The van der Waals surface area contributed by atoms with Gasteiger partial charge in [-0.25, -0.2) is 0 Å². The fourth-order valence-corrected chi connectivity index (χ4v) is 1.61. The van der Waals surface area contributed by atoms with Crippen LogP contribution in [0.5, 0.6) is 0 Å². The van der Waals surface area contributed by atoms with E-state index in [4.69, 9.17) is 10.2 Å². The van der Waals surface area contributed by atoms with Gasteiger partial charge < -0.3 is 13.1 Å². The molecule has 0 fully saturated rings. The fraction of sp³-hybridized carbons (Fsp3) is 0.833. The van der Waals surface area contributed by atoms with E-state index in [-0.39, 0.29) is 118 Å². The molecule has 0 rings (SSSR count). The molecule has 0 amide bonds. The van der Waals surface area contributed by atoms with Gasteiger partial charge in [-0.15, -0.1) is 0 Å². The second-order valence-corrected chi connectivity index (χ2v) is 4.12. The summed E-state index contributed by atoms with van der Waals surface area (Å²) in [5, 5.41) is 16.8. The normalized spacial score (nSPS) is 9.11. The van der Waals surface area contributed by atoms with Crippen molar-refractivity contribution < 1.29 is 125 Å². The van der Waals surface area contributed by atoms with Gasteiger partial charge in [-0.05, 0) is 12.8 Å².